The third-order valence-electron chi connectivity index (χ3n) is 3.53. The zero-order valence-electron chi connectivity index (χ0n) is 12.0. The molecule has 1 aliphatic rings. The van der Waals surface area contributed by atoms with E-state index in [2.05, 4.69) is 0 Å². The van der Waals surface area contributed by atoms with Gasteiger partial charge in [0.2, 0.25) is 0 Å². The van der Waals surface area contributed by atoms with E-state index in [4.69, 9.17) is 4.74 Å². The number of alkyl halides is 3. The van der Waals surface area contributed by atoms with Crippen molar-refractivity contribution in [3.05, 3.63) is 34.9 Å². The number of carbonyl (C=O) groups is 1. The van der Waals surface area contributed by atoms with Crippen molar-refractivity contribution in [3.8, 4) is 0 Å². The second-order valence-electron chi connectivity index (χ2n) is 5.36. The molecule has 1 aromatic rings. The number of rotatable bonds is 2. The number of ether oxygens (including phenoxy) is 1. The van der Waals surface area contributed by atoms with Crippen LogP contribution in [0, 0.1) is 0 Å². The normalized spacial score (nSPS) is 16.4. The highest BCUT2D eigenvalue weighted by atomic mass is 19.4. The molecule has 0 bridgehead atoms. The van der Waals surface area contributed by atoms with E-state index in [1.165, 1.54) is 17.0 Å². The lowest BCUT2D eigenvalue weighted by molar-refractivity contribution is -0.138. The van der Waals surface area contributed by atoms with Gasteiger partial charge in [-0.05, 0) is 23.6 Å². The van der Waals surface area contributed by atoms with Crippen molar-refractivity contribution in [1.82, 2.24) is 4.90 Å². The highest BCUT2D eigenvalue weighted by Gasteiger charge is 2.35. The lowest BCUT2D eigenvalue weighted by Gasteiger charge is -2.27. The molecule has 1 saturated heterocycles. The summed E-state index contributed by atoms with van der Waals surface area (Å²) in [5.74, 6) is -0.631. The first-order chi connectivity index (χ1) is 9.80. The van der Waals surface area contributed by atoms with Crippen molar-refractivity contribution in [2.75, 3.05) is 26.3 Å². The van der Waals surface area contributed by atoms with Gasteiger partial charge in [-0.3, -0.25) is 4.79 Å². The molecule has 3 nitrogen and oxygen atoms in total. The molecule has 2 rings (SSSR count). The van der Waals surface area contributed by atoms with Gasteiger partial charge in [0.1, 0.15) is 0 Å². The quantitative estimate of drug-likeness (QED) is 0.839. The third kappa shape index (κ3) is 3.56. The molecule has 1 aliphatic heterocycles. The largest absolute Gasteiger partial charge is 0.416 e. The fourth-order valence-corrected chi connectivity index (χ4v) is 2.39. The molecule has 0 radical (unpaired) electrons. The number of carbonyl (C=O) groups excluding carboxylic acids is 1. The smallest absolute Gasteiger partial charge is 0.378 e. The molecule has 0 N–H and O–H groups in total. The van der Waals surface area contributed by atoms with Gasteiger partial charge >= 0.3 is 6.18 Å². The molecular formula is C15H18F3NO2. The molecular weight excluding hydrogens is 283 g/mol. The Morgan fingerprint density at radius 3 is 2.38 bits per heavy atom. The predicted octanol–water partition coefficient (Wildman–Crippen LogP) is 3.30. The number of hydrogen-bond donors (Lipinski definition) is 0. The Kier molecular flexibility index (Phi) is 4.56. The van der Waals surface area contributed by atoms with E-state index in [-0.39, 0.29) is 23.0 Å². The first kappa shape index (κ1) is 15.8. The second kappa shape index (κ2) is 6.05. The summed E-state index contributed by atoms with van der Waals surface area (Å²) in [5.41, 5.74) is -0.439. The summed E-state index contributed by atoms with van der Waals surface area (Å²) >= 11 is 0. The lowest BCUT2D eigenvalue weighted by Crippen LogP contribution is -2.40. The van der Waals surface area contributed by atoms with Crippen LogP contribution >= 0.6 is 0 Å². The van der Waals surface area contributed by atoms with Crippen molar-refractivity contribution in [3.63, 3.8) is 0 Å². The fourth-order valence-electron chi connectivity index (χ4n) is 2.39. The summed E-state index contributed by atoms with van der Waals surface area (Å²) in [6.45, 7) is 5.06. The number of amides is 1. The van der Waals surface area contributed by atoms with Gasteiger partial charge in [0, 0.05) is 18.7 Å². The average Bonchev–Trinajstić information content (AvgIpc) is 2.45. The lowest BCUT2D eigenvalue weighted by atomic mass is 9.94. The molecule has 6 heteroatoms. The van der Waals surface area contributed by atoms with Gasteiger partial charge in [0.25, 0.3) is 5.91 Å². The van der Waals surface area contributed by atoms with Crippen molar-refractivity contribution < 1.29 is 22.7 Å². The summed E-state index contributed by atoms with van der Waals surface area (Å²) in [4.78, 5) is 13.8. The van der Waals surface area contributed by atoms with Crippen molar-refractivity contribution in [2.45, 2.75) is 25.9 Å². The highest BCUT2D eigenvalue weighted by molar-refractivity contribution is 5.94. The number of nitrogens with zero attached hydrogens (tertiary/aromatic N) is 1. The van der Waals surface area contributed by atoms with Crippen LogP contribution in [0.2, 0.25) is 0 Å². The molecule has 0 aromatic heterocycles. The van der Waals surface area contributed by atoms with Crippen LogP contribution in [-0.2, 0) is 10.9 Å². The summed E-state index contributed by atoms with van der Waals surface area (Å²) in [7, 11) is 0. The van der Waals surface area contributed by atoms with Crippen LogP contribution in [-0.4, -0.2) is 37.1 Å². The Balaban J connectivity index is 2.35. The summed E-state index contributed by atoms with van der Waals surface area (Å²) in [6, 6.07) is 3.84. The zero-order chi connectivity index (χ0) is 15.6. The molecule has 1 aromatic carbocycles. The van der Waals surface area contributed by atoms with Crippen LogP contribution in [0.3, 0.4) is 0 Å². The molecule has 116 valence electrons. The van der Waals surface area contributed by atoms with Gasteiger partial charge in [0.05, 0.1) is 18.8 Å². The first-order valence-corrected chi connectivity index (χ1v) is 6.89. The molecule has 0 spiro atoms. The number of morpholine rings is 1. The molecule has 21 heavy (non-hydrogen) atoms. The van der Waals surface area contributed by atoms with Crippen molar-refractivity contribution >= 4 is 5.91 Å². The Hall–Kier alpha value is -1.56. The minimum absolute atomic E-state index is 0.0774. The maximum atomic E-state index is 13.1. The molecule has 1 fully saturated rings. The predicted molar refractivity (Wildman–Crippen MR) is 72.3 cm³/mol. The molecule has 0 unspecified atom stereocenters. The van der Waals surface area contributed by atoms with E-state index < -0.39 is 11.7 Å². The Bertz CT molecular complexity index is 520. The van der Waals surface area contributed by atoms with Gasteiger partial charge < -0.3 is 9.64 Å². The van der Waals surface area contributed by atoms with Crippen LogP contribution in [0.4, 0.5) is 13.2 Å². The molecule has 0 saturated carbocycles. The average molecular weight is 301 g/mol. The number of benzene rings is 1. The van der Waals surface area contributed by atoms with E-state index in [0.29, 0.717) is 26.3 Å². The SMILES string of the molecule is CC(C)c1ccc(C(=O)N2CCOCC2)cc1C(F)(F)F. The summed E-state index contributed by atoms with van der Waals surface area (Å²) in [6.07, 6.45) is -4.46. The second-order valence-corrected chi connectivity index (χ2v) is 5.36. The Labute approximate surface area is 121 Å². The van der Waals surface area contributed by atoms with E-state index in [1.54, 1.807) is 13.8 Å². The van der Waals surface area contributed by atoms with E-state index in [9.17, 15) is 18.0 Å². The van der Waals surface area contributed by atoms with Crippen molar-refractivity contribution in [1.29, 1.82) is 0 Å². The topological polar surface area (TPSA) is 29.5 Å². The molecule has 0 atom stereocenters. The zero-order valence-corrected chi connectivity index (χ0v) is 12.0. The number of hydrogen-bond acceptors (Lipinski definition) is 2. The van der Waals surface area contributed by atoms with E-state index in [0.717, 1.165) is 6.07 Å². The van der Waals surface area contributed by atoms with Crippen LogP contribution in [0.15, 0.2) is 18.2 Å². The monoisotopic (exact) mass is 301 g/mol. The van der Waals surface area contributed by atoms with Gasteiger partial charge in [-0.25, -0.2) is 0 Å². The Morgan fingerprint density at radius 2 is 1.86 bits per heavy atom. The van der Waals surface area contributed by atoms with Crippen LogP contribution in [0.1, 0.15) is 41.3 Å². The summed E-state index contributed by atoms with van der Waals surface area (Å²) in [5, 5.41) is 0. The highest BCUT2D eigenvalue weighted by Crippen LogP contribution is 2.36. The minimum Gasteiger partial charge on any atom is -0.378 e. The van der Waals surface area contributed by atoms with Crippen molar-refractivity contribution in [2.24, 2.45) is 0 Å². The van der Waals surface area contributed by atoms with Gasteiger partial charge in [-0.2, -0.15) is 13.2 Å². The fraction of sp³-hybridized carbons (Fsp3) is 0.533. The maximum absolute atomic E-state index is 13.1. The molecule has 1 amide bonds. The van der Waals surface area contributed by atoms with E-state index in [1.807, 2.05) is 0 Å². The van der Waals surface area contributed by atoms with Crippen LogP contribution in [0.5, 0.6) is 0 Å². The number of halogens is 3. The summed E-state index contributed by atoms with van der Waals surface area (Å²) < 4.78 is 44.6. The van der Waals surface area contributed by atoms with E-state index >= 15 is 0 Å². The third-order valence-corrected chi connectivity index (χ3v) is 3.53. The van der Waals surface area contributed by atoms with Crippen LogP contribution < -0.4 is 0 Å². The van der Waals surface area contributed by atoms with Gasteiger partial charge in [-0.15, -0.1) is 0 Å². The molecule has 0 aliphatic carbocycles. The molecule has 1 heterocycles. The standard InChI is InChI=1S/C15H18F3NO2/c1-10(2)12-4-3-11(9-13(12)15(16,17)18)14(20)19-5-7-21-8-6-19/h3-4,9-10H,5-8H2,1-2H3. The minimum atomic E-state index is -4.46. The Morgan fingerprint density at radius 1 is 1.24 bits per heavy atom. The van der Waals surface area contributed by atoms with Gasteiger partial charge in [-0.1, -0.05) is 19.9 Å². The van der Waals surface area contributed by atoms with Gasteiger partial charge in [0.15, 0.2) is 0 Å². The maximum Gasteiger partial charge on any atom is 0.416 e. The van der Waals surface area contributed by atoms with Crippen LogP contribution in [0.25, 0.3) is 0 Å². The first-order valence-electron chi connectivity index (χ1n) is 6.89.